The van der Waals surface area contributed by atoms with E-state index in [1.165, 1.54) is 6.07 Å². The molecule has 0 aliphatic rings. The molecule has 0 unspecified atom stereocenters. The summed E-state index contributed by atoms with van der Waals surface area (Å²) in [6, 6.07) is 6.52. The molecule has 0 radical (unpaired) electrons. The second kappa shape index (κ2) is 6.23. The molecule has 3 nitrogen and oxygen atoms in total. The van der Waals surface area contributed by atoms with E-state index in [2.05, 4.69) is 0 Å². The van der Waals surface area contributed by atoms with Crippen LogP contribution >= 0.6 is 11.6 Å². The van der Waals surface area contributed by atoms with Gasteiger partial charge in [0.05, 0.1) is 17.3 Å². The third kappa shape index (κ3) is 3.47. The summed E-state index contributed by atoms with van der Waals surface area (Å²) in [6.07, 6.45) is 1.23. The van der Waals surface area contributed by atoms with Gasteiger partial charge in [0.1, 0.15) is 0 Å². The van der Waals surface area contributed by atoms with Gasteiger partial charge in [-0.1, -0.05) is 18.2 Å². The van der Waals surface area contributed by atoms with E-state index in [9.17, 15) is 8.42 Å². The summed E-state index contributed by atoms with van der Waals surface area (Å²) in [5, 5.41) is 9.07. The molecule has 5 heteroatoms. The monoisotopic (exact) mass is 262 g/mol. The standard InChI is InChI=1S/C11H15ClO3S/c12-7-3-4-8-16(14,15)11-6-2-1-5-10(11)9-13/h1-2,5-6,13H,3-4,7-9H2. The van der Waals surface area contributed by atoms with Crippen molar-refractivity contribution in [2.24, 2.45) is 0 Å². The zero-order chi connectivity index (χ0) is 12.0. The van der Waals surface area contributed by atoms with E-state index < -0.39 is 9.84 Å². The highest BCUT2D eigenvalue weighted by molar-refractivity contribution is 7.91. The molecule has 0 heterocycles. The van der Waals surface area contributed by atoms with Gasteiger partial charge in [0.2, 0.25) is 0 Å². The Morgan fingerprint density at radius 1 is 1.19 bits per heavy atom. The maximum absolute atomic E-state index is 11.9. The largest absolute Gasteiger partial charge is 0.392 e. The van der Waals surface area contributed by atoms with Crippen LogP contribution in [0.3, 0.4) is 0 Å². The lowest BCUT2D eigenvalue weighted by molar-refractivity contribution is 0.278. The van der Waals surface area contributed by atoms with Crippen molar-refractivity contribution in [1.29, 1.82) is 0 Å². The topological polar surface area (TPSA) is 54.4 Å². The van der Waals surface area contributed by atoms with Gasteiger partial charge >= 0.3 is 0 Å². The zero-order valence-electron chi connectivity index (χ0n) is 8.89. The number of aliphatic hydroxyl groups excluding tert-OH is 1. The molecule has 0 aromatic heterocycles. The van der Waals surface area contributed by atoms with Crippen LogP contribution in [0.2, 0.25) is 0 Å². The molecular weight excluding hydrogens is 248 g/mol. The summed E-state index contributed by atoms with van der Waals surface area (Å²) in [5.41, 5.74) is 0.452. The molecule has 0 spiro atoms. The Kier molecular flexibility index (Phi) is 5.25. The fourth-order valence-electron chi connectivity index (χ4n) is 1.43. The van der Waals surface area contributed by atoms with Crippen molar-refractivity contribution in [1.82, 2.24) is 0 Å². The van der Waals surface area contributed by atoms with Crippen LogP contribution in [0.5, 0.6) is 0 Å². The van der Waals surface area contributed by atoms with Gasteiger partial charge in [0.25, 0.3) is 0 Å². The van der Waals surface area contributed by atoms with Crippen molar-refractivity contribution in [3.8, 4) is 0 Å². The summed E-state index contributed by atoms with van der Waals surface area (Å²) in [7, 11) is -3.29. The van der Waals surface area contributed by atoms with Crippen LogP contribution in [0, 0.1) is 0 Å². The van der Waals surface area contributed by atoms with Gasteiger partial charge < -0.3 is 5.11 Å². The number of alkyl halides is 1. The highest BCUT2D eigenvalue weighted by atomic mass is 35.5. The smallest absolute Gasteiger partial charge is 0.178 e. The second-order valence-corrected chi connectivity index (χ2v) is 5.94. The third-order valence-electron chi connectivity index (χ3n) is 2.27. The molecule has 0 atom stereocenters. The Morgan fingerprint density at radius 2 is 1.88 bits per heavy atom. The van der Waals surface area contributed by atoms with Crippen LogP contribution in [-0.2, 0) is 16.4 Å². The highest BCUT2D eigenvalue weighted by Gasteiger charge is 2.17. The van der Waals surface area contributed by atoms with Crippen LogP contribution in [0.1, 0.15) is 18.4 Å². The summed E-state index contributed by atoms with van der Waals surface area (Å²) in [4.78, 5) is 0.229. The van der Waals surface area contributed by atoms with Gasteiger partial charge in [-0.2, -0.15) is 0 Å². The van der Waals surface area contributed by atoms with Gasteiger partial charge in [-0.15, -0.1) is 11.6 Å². The maximum Gasteiger partial charge on any atom is 0.178 e. The molecule has 16 heavy (non-hydrogen) atoms. The average molecular weight is 263 g/mol. The lowest BCUT2D eigenvalue weighted by Gasteiger charge is -2.07. The number of rotatable bonds is 6. The predicted molar refractivity (Wildman–Crippen MR) is 64.4 cm³/mol. The highest BCUT2D eigenvalue weighted by Crippen LogP contribution is 2.18. The van der Waals surface area contributed by atoms with E-state index >= 15 is 0 Å². The van der Waals surface area contributed by atoms with Crippen molar-refractivity contribution >= 4 is 21.4 Å². The molecule has 1 aromatic carbocycles. The number of sulfone groups is 1. The number of aliphatic hydroxyl groups is 1. The number of halogens is 1. The van der Waals surface area contributed by atoms with Crippen molar-refractivity contribution in [3.05, 3.63) is 29.8 Å². The first-order chi connectivity index (χ1) is 7.61. The normalized spacial score (nSPS) is 11.6. The van der Waals surface area contributed by atoms with Crippen LogP contribution in [0.25, 0.3) is 0 Å². The fourth-order valence-corrected chi connectivity index (χ4v) is 3.25. The summed E-state index contributed by atoms with van der Waals surface area (Å²) in [5.74, 6) is 0.550. The van der Waals surface area contributed by atoms with E-state index in [1.54, 1.807) is 18.2 Å². The lowest BCUT2D eigenvalue weighted by atomic mass is 10.2. The summed E-state index contributed by atoms with van der Waals surface area (Å²) < 4.78 is 23.9. The van der Waals surface area contributed by atoms with Crippen molar-refractivity contribution in [3.63, 3.8) is 0 Å². The Labute approximate surface area is 101 Å². The molecule has 1 N–H and O–H groups in total. The molecule has 0 aliphatic carbocycles. The first kappa shape index (κ1) is 13.5. The fraction of sp³-hybridized carbons (Fsp3) is 0.455. The molecule has 0 amide bonds. The number of benzene rings is 1. The van der Waals surface area contributed by atoms with Crippen molar-refractivity contribution < 1.29 is 13.5 Å². The molecule has 0 aliphatic heterocycles. The molecule has 90 valence electrons. The van der Waals surface area contributed by atoms with E-state index in [-0.39, 0.29) is 17.3 Å². The SMILES string of the molecule is O=S(=O)(CCCCCl)c1ccccc1CO. The second-order valence-electron chi connectivity index (χ2n) is 3.48. The van der Waals surface area contributed by atoms with E-state index in [1.807, 2.05) is 0 Å². The molecule has 0 bridgehead atoms. The minimum Gasteiger partial charge on any atom is -0.392 e. The lowest BCUT2D eigenvalue weighted by Crippen LogP contribution is -2.09. The molecule has 0 saturated heterocycles. The van der Waals surface area contributed by atoms with Gasteiger partial charge in [-0.05, 0) is 24.5 Å². The molecule has 0 saturated carbocycles. The van der Waals surface area contributed by atoms with Crippen LogP contribution in [-0.4, -0.2) is 25.2 Å². The number of hydrogen-bond acceptors (Lipinski definition) is 3. The molecule has 0 fully saturated rings. The summed E-state index contributed by atoms with van der Waals surface area (Å²) in [6.45, 7) is -0.259. The maximum atomic E-state index is 11.9. The summed E-state index contributed by atoms with van der Waals surface area (Å²) >= 11 is 5.50. The van der Waals surface area contributed by atoms with Crippen molar-refractivity contribution in [2.45, 2.75) is 24.3 Å². The Balaban J connectivity index is 2.89. The minimum atomic E-state index is -3.29. The third-order valence-corrected chi connectivity index (χ3v) is 4.44. The number of unbranched alkanes of at least 4 members (excludes halogenated alkanes) is 1. The van der Waals surface area contributed by atoms with Gasteiger partial charge in [-0.25, -0.2) is 8.42 Å². The quantitative estimate of drug-likeness (QED) is 0.630. The van der Waals surface area contributed by atoms with Gasteiger partial charge in [0, 0.05) is 5.88 Å². The average Bonchev–Trinajstić information content (AvgIpc) is 2.29. The van der Waals surface area contributed by atoms with Crippen LogP contribution in [0.4, 0.5) is 0 Å². The Bertz CT molecular complexity index is 429. The molecular formula is C11H15ClO3S. The van der Waals surface area contributed by atoms with Crippen LogP contribution in [0.15, 0.2) is 29.2 Å². The van der Waals surface area contributed by atoms with Gasteiger partial charge in [-0.3, -0.25) is 0 Å². The first-order valence-corrected chi connectivity index (χ1v) is 7.28. The van der Waals surface area contributed by atoms with Crippen LogP contribution < -0.4 is 0 Å². The predicted octanol–water partition coefficient (Wildman–Crippen LogP) is 1.97. The minimum absolute atomic E-state index is 0.0801. The molecule has 1 rings (SSSR count). The Morgan fingerprint density at radius 3 is 2.50 bits per heavy atom. The number of hydrogen-bond donors (Lipinski definition) is 1. The van der Waals surface area contributed by atoms with Gasteiger partial charge in [0.15, 0.2) is 9.84 Å². The first-order valence-electron chi connectivity index (χ1n) is 5.09. The zero-order valence-corrected chi connectivity index (χ0v) is 10.5. The van der Waals surface area contributed by atoms with Crippen molar-refractivity contribution in [2.75, 3.05) is 11.6 Å². The van der Waals surface area contributed by atoms with E-state index in [4.69, 9.17) is 16.7 Å². The Hall–Kier alpha value is -0.580. The van der Waals surface area contributed by atoms with E-state index in [0.29, 0.717) is 24.3 Å². The van der Waals surface area contributed by atoms with E-state index in [0.717, 1.165) is 0 Å². The molecule has 1 aromatic rings.